The molecule has 0 aromatic carbocycles. The van der Waals surface area contributed by atoms with E-state index in [2.05, 4.69) is 20.3 Å². The van der Waals surface area contributed by atoms with Crippen molar-refractivity contribution in [2.45, 2.75) is 26.4 Å². The smallest absolute Gasteiger partial charge is 0.339 e. The number of hydrogen-bond acceptors (Lipinski definition) is 7. The molecule has 0 amide bonds. The zero-order valence-corrected chi connectivity index (χ0v) is 12.2. The summed E-state index contributed by atoms with van der Waals surface area (Å²) >= 11 is 0. The van der Waals surface area contributed by atoms with E-state index in [1.54, 1.807) is 10.8 Å². The highest BCUT2D eigenvalue weighted by molar-refractivity contribution is 5.89. The summed E-state index contributed by atoms with van der Waals surface area (Å²) in [6.45, 7) is 2.65. The molecular weight excluding hydrogens is 288 g/mol. The maximum absolute atomic E-state index is 12.2. The van der Waals surface area contributed by atoms with Gasteiger partial charge in [0.05, 0.1) is 19.2 Å². The summed E-state index contributed by atoms with van der Waals surface area (Å²) < 4.78 is 7.42. The molecule has 9 heteroatoms. The van der Waals surface area contributed by atoms with Crippen molar-refractivity contribution in [3.05, 3.63) is 39.6 Å². The summed E-state index contributed by atoms with van der Waals surface area (Å²) in [6, 6.07) is 2.98. The maximum atomic E-state index is 12.2. The molecule has 2 heterocycles. The molecule has 9 nitrogen and oxygen atoms in total. The number of pyridine rings is 1. The lowest BCUT2D eigenvalue weighted by molar-refractivity contribution is 0.0599. The average molecular weight is 302 g/mol. The van der Waals surface area contributed by atoms with Crippen LogP contribution in [0.1, 0.15) is 35.1 Å². The molecule has 0 N–H and O–H groups in total. The molecule has 2 rings (SSSR count). The number of hydrogen-bond donors (Lipinski definition) is 0. The predicted octanol–water partition coefficient (Wildman–Crippen LogP) is -0.0486. The molecule has 0 fully saturated rings. The molecule has 0 atom stereocenters. The highest BCUT2D eigenvalue weighted by atomic mass is 16.5. The molecule has 0 aliphatic carbocycles. The van der Waals surface area contributed by atoms with Crippen molar-refractivity contribution in [3.63, 3.8) is 0 Å². The molecule has 0 aliphatic heterocycles. The first kappa shape index (κ1) is 15.4. The van der Waals surface area contributed by atoms with Gasteiger partial charge in [-0.3, -0.25) is 4.79 Å². The highest BCUT2D eigenvalue weighted by Crippen LogP contribution is 2.04. The van der Waals surface area contributed by atoms with Gasteiger partial charge in [0.15, 0.2) is 5.82 Å². The number of rotatable bonds is 5. The van der Waals surface area contributed by atoms with Crippen LogP contribution in [0.3, 0.4) is 0 Å². The van der Waals surface area contributed by atoms with Crippen LogP contribution in [-0.4, -0.2) is 37.9 Å². The number of nitriles is 1. The zero-order valence-electron chi connectivity index (χ0n) is 12.2. The van der Waals surface area contributed by atoms with E-state index in [9.17, 15) is 9.59 Å². The van der Waals surface area contributed by atoms with Crippen molar-refractivity contribution in [1.82, 2.24) is 24.8 Å². The van der Waals surface area contributed by atoms with Crippen LogP contribution in [0, 0.1) is 11.3 Å². The third-order valence-corrected chi connectivity index (χ3v) is 2.98. The molecule has 0 saturated heterocycles. The largest absolute Gasteiger partial charge is 0.465 e. The second-order valence-electron chi connectivity index (χ2n) is 4.50. The summed E-state index contributed by atoms with van der Waals surface area (Å²) in [5, 5.41) is 20.3. The molecule has 0 bridgehead atoms. The quantitative estimate of drug-likeness (QED) is 0.711. The van der Waals surface area contributed by atoms with Crippen molar-refractivity contribution in [2.24, 2.45) is 0 Å². The van der Waals surface area contributed by atoms with Crippen LogP contribution in [0.2, 0.25) is 0 Å². The molecule has 114 valence electrons. The second-order valence-corrected chi connectivity index (χ2v) is 4.50. The Morgan fingerprint density at radius 1 is 1.50 bits per heavy atom. The Morgan fingerprint density at radius 2 is 2.27 bits per heavy atom. The maximum Gasteiger partial charge on any atom is 0.339 e. The fraction of sp³-hybridized carbons (Fsp3) is 0.385. The molecule has 0 saturated carbocycles. The topological polar surface area (TPSA) is 116 Å². The molecule has 0 spiro atoms. The summed E-state index contributed by atoms with van der Waals surface area (Å²) in [7, 11) is 1.23. The lowest BCUT2D eigenvalue weighted by atomic mass is 10.2. The van der Waals surface area contributed by atoms with Gasteiger partial charge in [-0.2, -0.15) is 5.26 Å². The van der Waals surface area contributed by atoms with Crippen LogP contribution in [0.15, 0.2) is 17.1 Å². The summed E-state index contributed by atoms with van der Waals surface area (Å²) in [5.41, 5.74) is -0.535. The fourth-order valence-electron chi connectivity index (χ4n) is 1.94. The minimum Gasteiger partial charge on any atom is -0.465 e. The van der Waals surface area contributed by atoms with Crippen molar-refractivity contribution >= 4 is 5.97 Å². The van der Waals surface area contributed by atoms with Crippen molar-refractivity contribution in [1.29, 1.82) is 5.26 Å². The number of carbonyl (C=O) groups excluding carboxylic acids is 1. The molecule has 2 aromatic heterocycles. The van der Waals surface area contributed by atoms with Crippen molar-refractivity contribution < 1.29 is 9.53 Å². The average Bonchev–Trinajstić information content (AvgIpc) is 2.96. The Kier molecular flexibility index (Phi) is 4.63. The first-order valence-electron chi connectivity index (χ1n) is 6.58. The second kappa shape index (κ2) is 6.62. The molecule has 2 aromatic rings. The number of methoxy groups -OCH3 is 1. The van der Waals surface area contributed by atoms with E-state index in [1.165, 1.54) is 23.9 Å². The van der Waals surface area contributed by atoms with E-state index in [0.717, 1.165) is 6.42 Å². The van der Waals surface area contributed by atoms with Gasteiger partial charge in [-0.25, -0.2) is 9.48 Å². The first-order valence-corrected chi connectivity index (χ1v) is 6.58. The summed E-state index contributed by atoms with van der Waals surface area (Å²) in [4.78, 5) is 23.8. The van der Waals surface area contributed by atoms with Gasteiger partial charge in [0.25, 0.3) is 5.56 Å². The fourth-order valence-corrected chi connectivity index (χ4v) is 1.94. The number of ether oxygens (including phenoxy) is 1. The third-order valence-electron chi connectivity index (χ3n) is 2.98. The van der Waals surface area contributed by atoms with Crippen LogP contribution in [0.25, 0.3) is 0 Å². The van der Waals surface area contributed by atoms with Gasteiger partial charge in [-0.05, 0) is 22.9 Å². The minimum atomic E-state index is -0.626. The lowest BCUT2D eigenvalue weighted by Crippen LogP contribution is -2.26. The van der Waals surface area contributed by atoms with Gasteiger partial charge >= 0.3 is 5.97 Å². The normalized spacial score (nSPS) is 10.2. The van der Waals surface area contributed by atoms with Gasteiger partial charge in [-0.15, -0.1) is 5.10 Å². The van der Waals surface area contributed by atoms with Crippen LogP contribution in [-0.2, 0) is 17.8 Å². The standard InChI is InChI=1S/C13H14N6O3/c1-3-4-19-11(15-16-17-19)8-18-7-10(13(21)22-2)5-9(6-14)12(18)20/h5,7H,3-4,8H2,1-2H3. The highest BCUT2D eigenvalue weighted by Gasteiger charge is 2.14. The van der Waals surface area contributed by atoms with Crippen molar-refractivity contribution in [2.75, 3.05) is 7.11 Å². The first-order chi connectivity index (χ1) is 10.6. The Morgan fingerprint density at radius 3 is 2.91 bits per heavy atom. The Bertz CT molecular complexity index is 786. The minimum absolute atomic E-state index is 0.0609. The number of aromatic nitrogens is 5. The van der Waals surface area contributed by atoms with E-state index in [0.29, 0.717) is 12.4 Å². The van der Waals surface area contributed by atoms with E-state index < -0.39 is 11.5 Å². The molecule has 0 aliphatic rings. The number of tetrazole rings is 1. The summed E-state index contributed by atoms with van der Waals surface area (Å²) in [5.74, 6) is -0.159. The molecule has 22 heavy (non-hydrogen) atoms. The number of aryl methyl sites for hydroxylation is 1. The Labute approximate surface area is 125 Å². The van der Waals surface area contributed by atoms with Gasteiger partial charge < -0.3 is 9.30 Å². The van der Waals surface area contributed by atoms with Gasteiger partial charge in [0.1, 0.15) is 11.6 Å². The van der Waals surface area contributed by atoms with Crippen LogP contribution in [0.5, 0.6) is 0 Å². The van der Waals surface area contributed by atoms with Gasteiger partial charge in [0.2, 0.25) is 0 Å². The van der Waals surface area contributed by atoms with E-state index in [4.69, 9.17) is 5.26 Å². The SMILES string of the molecule is CCCn1nnnc1Cn1cc(C(=O)OC)cc(C#N)c1=O. The molecular formula is C13H14N6O3. The number of carbonyl (C=O) groups is 1. The lowest BCUT2D eigenvalue weighted by Gasteiger charge is -2.08. The predicted molar refractivity (Wildman–Crippen MR) is 74.0 cm³/mol. The zero-order chi connectivity index (χ0) is 16.1. The number of nitrogens with zero attached hydrogens (tertiary/aromatic N) is 6. The van der Waals surface area contributed by atoms with Gasteiger partial charge in [-0.1, -0.05) is 6.92 Å². The van der Waals surface area contributed by atoms with Crippen molar-refractivity contribution in [3.8, 4) is 6.07 Å². The van der Waals surface area contributed by atoms with E-state index >= 15 is 0 Å². The third kappa shape index (κ3) is 3.01. The Hall–Kier alpha value is -3.02. The monoisotopic (exact) mass is 302 g/mol. The summed E-state index contributed by atoms with van der Waals surface area (Å²) in [6.07, 6.45) is 2.17. The van der Waals surface area contributed by atoms with E-state index in [1.807, 2.05) is 6.92 Å². The van der Waals surface area contributed by atoms with Gasteiger partial charge in [0, 0.05) is 12.7 Å². The van der Waals surface area contributed by atoms with Crippen LogP contribution in [0.4, 0.5) is 0 Å². The van der Waals surface area contributed by atoms with E-state index in [-0.39, 0.29) is 17.7 Å². The molecule has 0 unspecified atom stereocenters. The number of esters is 1. The Balaban J connectivity index is 2.46. The van der Waals surface area contributed by atoms with Crippen LogP contribution >= 0.6 is 0 Å². The molecule has 0 radical (unpaired) electrons. The van der Waals surface area contributed by atoms with Crippen LogP contribution < -0.4 is 5.56 Å².